The van der Waals surface area contributed by atoms with Crippen molar-refractivity contribution in [2.45, 2.75) is 58.7 Å². The van der Waals surface area contributed by atoms with Crippen LogP contribution in [0.5, 0.6) is 5.75 Å². The van der Waals surface area contributed by atoms with Crippen molar-refractivity contribution in [2.75, 3.05) is 13.7 Å². The first-order valence-electron chi connectivity index (χ1n) is 16.1. The van der Waals surface area contributed by atoms with Gasteiger partial charge in [0.25, 0.3) is 13.9 Å². The molecule has 234 valence electrons. The lowest BCUT2D eigenvalue weighted by atomic mass is 9.96. The molecule has 3 aromatic carbocycles. The molecule has 7 heteroatoms. The van der Waals surface area contributed by atoms with Crippen molar-refractivity contribution in [3.63, 3.8) is 0 Å². The summed E-state index contributed by atoms with van der Waals surface area (Å²) in [5.74, 6) is 0.805. The van der Waals surface area contributed by atoms with E-state index in [0.29, 0.717) is 25.1 Å². The van der Waals surface area contributed by atoms with Gasteiger partial charge in [0.2, 0.25) is 0 Å². The summed E-state index contributed by atoms with van der Waals surface area (Å²) in [5.41, 5.74) is 7.61. The van der Waals surface area contributed by atoms with Crippen molar-refractivity contribution in [3.8, 4) is 17.1 Å². The molecule has 46 heavy (non-hydrogen) atoms. The van der Waals surface area contributed by atoms with Crippen LogP contribution in [0.3, 0.4) is 0 Å². The van der Waals surface area contributed by atoms with Crippen LogP contribution in [0.25, 0.3) is 27.9 Å². The number of aryl methyl sites for hydroxylation is 1. The summed E-state index contributed by atoms with van der Waals surface area (Å²) in [6, 6.07) is 29.5. The minimum atomic E-state index is -2.70. The van der Waals surface area contributed by atoms with Gasteiger partial charge in [0.1, 0.15) is 12.4 Å². The van der Waals surface area contributed by atoms with E-state index in [9.17, 15) is 4.79 Å². The van der Waals surface area contributed by atoms with E-state index in [1.54, 1.807) is 7.11 Å². The summed E-state index contributed by atoms with van der Waals surface area (Å²) >= 11 is 0. The van der Waals surface area contributed by atoms with Crippen molar-refractivity contribution >= 4 is 35.2 Å². The van der Waals surface area contributed by atoms with Crippen molar-refractivity contribution in [1.29, 1.82) is 0 Å². The first-order chi connectivity index (χ1) is 22.3. The molecular formula is C39H40N2O4Si. The summed E-state index contributed by atoms with van der Waals surface area (Å²) in [4.78, 5) is 19.1. The molecule has 2 aliphatic rings. The monoisotopic (exact) mass is 628 g/mol. The Kier molecular flexibility index (Phi) is 7.69. The second-order valence-corrected chi connectivity index (χ2v) is 17.5. The summed E-state index contributed by atoms with van der Waals surface area (Å²) in [7, 11) is -1.02. The lowest BCUT2D eigenvalue weighted by Crippen LogP contribution is -2.66. The lowest BCUT2D eigenvalue weighted by Gasteiger charge is -2.43. The van der Waals surface area contributed by atoms with Crippen LogP contribution in [-0.2, 0) is 28.7 Å². The summed E-state index contributed by atoms with van der Waals surface area (Å²) in [6.07, 6.45) is 3.28. The molecule has 2 aliphatic heterocycles. The minimum Gasteiger partial charge on any atom is -0.497 e. The predicted octanol–water partition coefficient (Wildman–Crippen LogP) is 6.83. The molecule has 0 spiro atoms. The molecule has 0 amide bonds. The summed E-state index contributed by atoms with van der Waals surface area (Å²) < 4.78 is 20.5. The fourth-order valence-corrected chi connectivity index (χ4v) is 12.0. The van der Waals surface area contributed by atoms with E-state index in [4.69, 9.17) is 18.9 Å². The molecule has 0 unspecified atom stereocenters. The highest BCUT2D eigenvalue weighted by molar-refractivity contribution is 6.99. The third kappa shape index (κ3) is 4.81. The molecule has 4 heterocycles. The van der Waals surface area contributed by atoms with Crippen LogP contribution >= 0.6 is 0 Å². The van der Waals surface area contributed by atoms with Gasteiger partial charge in [-0.2, -0.15) is 0 Å². The number of ether oxygens (including phenoxy) is 2. The molecule has 0 aliphatic carbocycles. The SMILES string of the molecule is CCc1c2c(nc3ccc(OC)cc13)-c1cc3c(c(=O)n1C2)COC=C3CCO[Si](c1ccccc1)(c1ccccc1)C(C)(C)C. The van der Waals surface area contributed by atoms with E-state index in [1.165, 1.54) is 15.9 Å². The van der Waals surface area contributed by atoms with E-state index in [0.717, 1.165) is 51.2 Å². The Balaban J connectivity index is 1.26. The highest BCUT2D eigenvalue weighted by Gasteiger charge is 2.50. The molecule has 7 rings (SSSR count). The van der Waals surface area contributed by atoms with Crippen LogP contribution < -0.4 is 20.7 Å². The van der Waals surface area contributed by atoms with E-state index < -0.39 is 8.32 Å². The first kappa shape index (κ1) is 30.2. The molecule has 0 atom stereocenters. The van der Waals surface area contributed by atoms with Crippen molar-refractivity contribution < 1.29 is 13.9 Å². The predicted molar refractivity (Wildman–Crippen MR) is 187 cm³/mol. The van der Waals surface area contributed by atoms with Gasteiger partial charge >= 0.3 is 0 Å². The largest absolute Gasteiger partial charge is 0.497 e. The van der Waals surface area contributed by atoms with Gasteiger partial charge in [-0.05, 0) is 69.2 Å². The Labute approximate surface area is 271 Å². The third-order valence-corrected chi connectivity index (χ3v) is 14.7. The Bertz CT molecular complexity index is 1990. The average Bonchev–Trinajstić information content (AvgIpc) is 3.44. The second kappa shape index (κ2) is 11.7. The molecule has 0 radical (unpaired) electrons. The number of benzene rings is 3. The van der Waals surface area contributed by atoms with Gasteiger partial charge in [-0.1, -0.05) is 88.4 Å². The van der Waals surface area contributed by atoms with Gasteiger partial charge in [0.05, 0.1) is 42.4 Å². The van der Waals surface area contributed by atoms with Crippen LogP contribution in [0.1, 0.15) is 56.4 Å². The third-order valence-electron chi connectivity index (χ3n) is 9.63. The Morgan fingerprint density at radius 1 is 0.935 bits per heavy atom. The maximum absolute atomic E-state index is 14.0. The zero-order chi connectivity index (χ0) is 32.1. The summed E-state index contributed by atoms with van der Waals surface area (Å²) in [6.45, 7) is 10.3. The number of hydrogen-bond acceptors (Lipinski definition) is 5. The number of aromatic nitrogens is 2. The molecule has 6 nitrogen and oxygen atoms in total. The topological polar surface area (TPSA) is 62.6 Å². The number of pyridine rings is 2. The maximum atomic E-state index is 14.0. The van der Waals surface area contributed by atoms with E-state index in [1.807, 2.05) is 23.0 Å². The smallest absolute Gasteiger partial charge is 0.261 e. The van der Waals surface area contributed by atoms with Crippen LogP contribution in [0.15, 0.2) is 96.0 Å². The molecule has 0 bridgehead atoms. The van der Waals surface area contributed by atoms with E-state index in [-0.39, 0.29) is 17.2 Å². The van der Waals surface area contributed by atoms with Crippen molar-refractivity contribution in [3.05, 3.63) is 124 Å². The molecular weight excluding hydrogens is 589 g/mol. The van der Waals surface area contributed by atoms with Crippen molar-refractivity contribution in [2.24, 2.45) is 0 Å². The summed E-state index contributed by atoms with van der Waals surface area (Å²) in [5, 5.41) is 3.45. The van der Waals surface area contributed by atoms with Crippen LogP contribution in [0.4, 0.5) is 0 Å². The molecule has 0 N–H and O–H groups in total. The van der Waals surface area contributed by atoms with E-state index in [2.05, 4.69) is 100 Å². The number of nitrogens with zero attached hydrogens (tertiary/aromatic N) is 2. The lowest BCUT2D eigenvalue weighted by molar-refractivity contribution is 0.228. The number of methoxy groups -OCH3 is 1. The van der Waals surface area contributed by atoms with Gasteiger partial charge in [0, 0.05) is 17.6 Å². The fraction of sp³-hybridized carbons (Fsp3) is 0.282. The quantitative estimate of drug-likeness (QED) is 0.173. The highest BCUT2D eigenvalue weighted by Crippen LogP contribution is 2.40. The standard InChI is InChI=1S/C39H40N2O4Si/c1-6-30-32-21-27(43-5)17-18-35(32)40-37-33(30)23-41-36(37)22-31-26(24-44-25-34(31)38(41)42)19-20-45-46(39(2,3)4,28-13-9-7-10-14-28)29-15-11-8-12-16-29/h7-18,21-22,24H,6,19-20,23,25H2,1-5H3. The second-order valence-electron chi connectivity index (χ2n) is 13.2. The Hall–Kier alpha value is -4.46. The average molecular weight is 629 g/mol. The van der Waals surface area contributed by atoms with Gasteiger partial charge in [-0.15, -0.1) is 0 Å². The zero-order valence-corrected chi connectivity index (χ0v) is 28.2. The molecule has 0 saturated heterocycles. The number of hydrogen-bond donors (Lipinski definition) is 0. The van der Waals surface area contributed by atoms with Gasteiger partial charge in [0.15, 0.2) is 0 Å². The minimum absolute atomic E-state index is 0.00677. The van der Waals surface area contributed by atoms with Crippen molar-refractivity contribution in [1.82, 2.24) is 9.55 Å². The van der Waals surface area contributed by atoms with Crippen LogP contribution in [0, 0.1) is 0 Å². The van der Waals surface area contributed by atoms with E-state index >= 15 is 0 Å². The number of fused-ring (bicyclic) bond motifs is 5. The first-order valence-corrected chi connectivity index (χ1v) is 18.0. The fourth-order valence-electron chi connectivity index (χ4n) is 7.45. The molecule has 2 aromatic heterocycles. The maximum Gasteiger partial charge on any atom is 0.261 e. The zero-order valence-electron chi connectivity index (χ0n) is 27.2. The van der Waals surface area contributed by atoms with Gasteiger partial charge in [-0.3, -0.25) is 4.79 Å². The highest BCUT2D eigenvalue weighted by atomic mass is 28.4. The Morgan fingerprint density at radius 2 is 1.63 bits per heavy atom. The van der Waals surface area contributed by atoms with Gasteiger partial charge < -0.3 is 18.5 Å². The Morgan fingerprint density at radius 3 is 2.26 bits per heavy atom. The van der Waals surface area contributed by atoms with Gasteiger partial charge in [-0.25, -0.2) is 4.98 Å². The molecule has 0 saturated carbocycles. The van der Waals surface area contributed by atoms with Crippen LogP contribution in [-0.4, -0.2) is 31.6 Å². The normalized spacial score (nSPS) is 13.9. The van der Waals surface area contributed by atoms with Crippen LogP contribution in [0.2, 0.25) is 5.04 Å². The molecule has 5 aromatic rings. The molecule has 0 fully saturated rings. The number of rotatable bonds is 8.